The summed E-state index contributed by atoms with van der Waals surface area (Å²) in [5.41, 5.74) is 3.38. The van der Waals surface area contributed by atoms with Crippen molar-refractivity contribution in [3.05, 3.63) is 46.7 Å². The molecule has 2 saturated heterocycles. The lowest BCUT2D eigenvalue weighted by atomic mass is 9.54. The average molecular weight is 368 g/mol. The van der Waals surface area contributed by atoms with E-state index in [1.807, 2.05) is 6.07 Å². The van der Waals surface area contributed by atoms with Crippen LogP contribution in [0.25, 0.3) is 0 Å². The van der Waals surface area contributed by atoms with E-state index >= 15 is 0 Å². The van der Waals surface area contributed by atoms with Gasteiger partial charge >= 0.3 is 5.97 Å². The Labute approximate surface area is 158 Å². The minimum Gasteiger partial charge on any atom is -0.632 e. The maximum absolute atomic E-state index is 13.8. The van der Waals surface area contributed by atoms with E-state index in [4.69, 9.17) is 4.74 Å². The first kappa shape index (κ1) is 16.1. The lowest BCUT2D eigenvalue weighted by Crippen LogP contribution is -2.68. The van der Waals surface area contributed by atoms with Crippen LogP contribution in [0.4, 0.5) is 5.69 Å². The van der Waals surface area contributed by atoms with Gasteiger partial charge in [0.25, 0.3) is 0 Å². The zero-order chi connectivity index (χ0) is 18.4. The fourth-order valence-corrected chi connectivity index (χ4v) is 7.20. The number of carboxylic acid groups (broad SMARTS) is 1. The van der Waals surface area contributed by atoms with Crippen molar-refractivity contribution in [3.8, 4) is 0 Å². The van der Waals surface area contributed by atoms with Crippen LogP contribution in [0.3, 0.4) is 0 Å². The number of hydroxylamine groups is 3. The molecule has 1 aromatic rings. The monoisotopic (exact) mass is 368 g/mol. The minimum absolute atomic E-state index is 0.0228. The first-order chi connectivity index (χ1) is 13.0. The van der Waals surface area contributed by atoms with Crippen molar-refractivity contribution in [2.75, 3.05) is 25.0 Å². The highest BCUT2D eigenvalue weighted by Crippen LogP contribution is 2.64. The second kappa shape index (κ2) is 5.13. The number of fused-ring (bicyclic) bond motifs is 2. The third-order valence-corrected chi connectivity index (χ3v) is 8.08. The summed E-state index contributed by atoms with van der Waals surface area (Å²) < 4.78 is 5.95. The van der Waals surface area contributed by atoms with E-state index in [1.54, 1.807) is 0 Å². The molecule has 7 atom stereocenters. The van der Waals surface area contributed by atoms with Crippen molar-refractivity contribution in [1.82, 2.24) is 0 Å². The number of quaternary nitrogens is 1. The van der Waals surface area contributed by atoms with Gasteiger partial charge in [0.2, 0.25) is 0 Å². The van der Waals surface area contributed by atoms with Crippen molar-refractivity contribution >= 4 is 11.7 Å². The second-order valence-electron chi connectivity index (χ2n) is 8.98. The number of hydrogen-bond acceptors (Lipinski definition) is 4. The van der Waals surface area contributed by atoms with Gasteiger partial charge < -0.3 is 25.0 Å². The number of ether oxygens (including phenoxy) is 1. The summed E-state index contributed by atoms with van der Waals surface area (Å²) in [5, 5.41) is 27.1. The molecule has 0 amide bonds. The molecule has 1 aromatic carbocycles. The summed E-state index contributed by atoms with van der Waals surface area (Å²) in [7, 11) is 0. The fraction of sp³-hybridized carbons (Fsp3) is 0.571. The Morgan fingerprint density at radius 2 is 2.26 bits per heavy atom. The van der Waals surface area contributed by atoms with Crippen LogP contribution in [0.5, 0.6) is 0 Å². The molecule has 4 aliphatic heterocycles. The molecule has 0 aromatic heterocycles. The van der Waals surface area contributed by atoms with Crippen molar-refractivity contribution in [2.24, 2.45) is 11.8 Å². The Morgan fingerprint density at radius 1 is 1.41 bits per heavy atom. The molecule has 3 fully saturated rings. The molecule has 1 unspecified atom stereocenters. The number of aliphatic carboxylic acids is 1. The van der Waals surface area contributed by atoms with Crippen LogP contribution in [0.15, 0.2) is 35.9 Å². The first-order valence-electron chi connectivity index (χ1n) is 9.99. The van der Waals surface area contributed by atoms with Crippen LogP contribution in [0.2, 0.25) is 0 Å². The van der Waals surface area contributed by atoms with E-state index in [9.17, 15) is 15.1 Å². The molecule has 2 bridgehead atoms. The number of nitrogens with zero attached hydrogens (tertiary/aromatic N) is 1. The molecule has 5 aliphatic rings. The zero-order valence-electron chi connectivity index (χ0n) is 15.1. The van der Waals surface area contributed by atoms with Crippen molar-refractivity contribution in [1.29, 1.82) is 0 Å². The van der Waals surface area contributed by atoms with Crippen LogP contribution >= 0.6 is 0 Å². The number of hydrogen-bond donors (Lipinski definition) is 2. The highest BCUT2D eigenvalue weighted by atomic mass is 16.6. The maximum atomic E-state index is 13.8. The Bertz CT molecular complexity index is 869. The fourth-order valence-electron chi connectivity index (χ4n) is 7.20. The van der Waals surface area contributed by atoms with Gasteiger partial charge in [-0.05, 0) is 23.1 Å². The predicted octanol–water partition coefficient (Wildman–Crippen LogP) is 2.25. The van der Waals surface area contributed by atoms with E-state index in [0.717, 1.165) is 18.5 Å². The summed E-state index contributed by atoms with van der Waals surface area (Å²) in [5.74, 6) is -0.475. The number of benzene rings is 1. The van der Waals surface area contributed by atoms with Gasteiger partial charge in [-0.1, -0.05) is 24.3 Å². The summed E-state index contributed by atoms with van der Waals surface area (Å²) in [6, 6.07) is 8.50. The molecular formula is C21H24N2O4. The largest absolute Gasteiger partial charge is 0.632 e. The zero-order valence-corrected chi connectivity index (χ0v) is 15.1. The van der Waals surface area contributed by atoms with Gasteiger partial charge in [0, 0.05) is 30.5 Å². The molecular weight excluding hydrogens is 344 g/mol. The molecule has 2 N–H and O–H groups in total. The SMILES string of the molecule is O=C(O)C[C@@H]1OCC=C2C[N+]3([O-])CC[C@@]45c6ccccc6N[C@H]4[C@@H]1[C@H]2C[C@H]53. The summed E-state index contributed by atoms with van der Waals surface area (Å²) in [6.45, 7) is 1.61. The van der Waals surface area contributed by atoms with Gasteiger partial charge in [-0.25, -0.2) is 0 Å². The molecule has 1 aliphatic carbocycles. The van der Waals surface area contributed by atoms with Crippen molar-refractivity contribution in [2.45, 2.75) is 42.9 Å². The smallest absolute Gasteiger partial charge is 0.305 e. The van der Waals surface area contributed by atoms with E-state index in [0.29, 0.717) is 19.7 Å². The highest BCUT2D eigenvalue weighted by Gasteiger charge is 2.71. The van der Waals surface area contributed by atoms with E-state index < -0.39 is 5.97 Å². The molecule has 1 saturated carbocycles. The normalized spacial score (nSPS) is 46.0. The lowest BCUT2D eigenvalue weighted by molar-refractivity contribution is -0.896. The van der Waals surface area contributed by atoms with E-state index in [2.05, 4.69) is 29.6 Å². The molecule has 142 valence electrons. The number of carbonyl (C=O) groups is 1. The average Bonchev–Trinajstić information content (AvgIpc) is 3.08. The predicted molar refractivity (Wildman–Crippen MR) is 99.0 cm³/mol. The Balaban J connectivity index is 1.55. The van der Waals surface area contributed by atoms with Gasteiger partial charge in [-0.2, -0.15) is 0 Å². The number of anilines is 1. The summed E-state index contributed by atoms with van der Waals surface area (Å²) >= 11 is 0. The third kappa shape index (κ3) is 1.88. The van der Waals surface area contributed by atoms with Gasteiger partial charge in [0.15, 0.2) is 0 Å². The van der Waals surface area contributed by atoms with E-state index in [1.165, 1.54) is 11.1 Å². The lowest BCUT2D eigenvalue weighted by Gasteiger charge is -2.60. The number of carboxylic acids is 1. The molecule has 6 nitrogen and oxygen atoms in total. The van der Waals surface area contributed by atoms with Gasteiger partial charge in [-0.15, -0.1) is 0 Å². The van der Waals surface area contributed by atoms with Crippen LogP contribution < -0.4 is 5.32 Å². The first-order valence-corrected chi connectivity index (χ1v) is 9.99. The summed E-state index contributed by atoms with van der Waals surface area (Å²) in [4.78, 5) is 11.6. The van der Waals surface area contributed by atoms with Gasteiger partial charge in [0.05, 0.1) is 31.1 Å². The standard InChI is InChI=1S/C21H24N2O4/c24-18(25)10-16-19-13-9-17-21(14-3-1-2-4-15(14)22-20(19)21)6-7-23(17,26)11-12(13)5-8-27-16/h1-5,13,16-17,19-20,22H,6-11H2,(H,24,25)/t13-,16-,17+,19+,20-,21-,23?/m0/s1. The molecule has 27 heavy (non-hydrogen) atoms. The maximum Gasteiger partial charge on any atom is 0.305 e. The number of nitrogens with one attached hydrogen (secondary N) is 1. The van der Waals surface area contributed by atoms with Gasteiger partial charge in [0.1, 0.15) is 12.6 Å². The topological polar surface area (TPSA) is 81.6 Å². The number of rotatable bonds is 2. The number of para-hydroxylation sites is 1. The highest BCUT2D eigenvalue weighted by molar-refractivity contribution is 5.68. The van der Waals surface area contributed by atoms with Gasteiger partial charge in [-0.3, -0.25) is 4.79 Å². The van der Waals surface area contributed by atoms with Crippen molar-refractivity contribution < 1.29 is 19.3 Å². The molecule has 0 radical (unpaired) electrons. The summed E-state index contributed by atoms with van der Waals surface area (Å²) in [6.07, 6.45) is 3.49. The Morgan fingerprint density at radius 3 is 3.11 bits per heavy atom. The van der Waals surface area contributed by atoms with Crippen LogP contribution in [-0.2, 0) is 14.9 Å². The Hall–Kier alpha value is -1.89. The minimum atomic E-state index is -0.814. The molecule has 4 heterocycles. The quantitative estimate of drug-likeness (QED) is 0.475. The van der Waals surface area contributed by atoms with Crippen LogP contribution in [0.1, 0.15) is 24.8 Å². The van der Waals surface area contributed by atoms with Crippen molar-refractivity contribution in [3.63, 3.8) is 0 Å². The molecule has 6 heteroatoms. The molecule has 1 spiro atoms. The number of piperidine rings is 1. The molecule has 6 rings (SSSR count). The van der Waals surface area contributed by atoms with E-state index in [-0.39, 0.29) is 46.5 Å². The van der Waals surface area contributed by atoms with Crippen LogP contribution in [0, 0.1) is 17.0 Å². The third-order valence-electron chi connectivity index (χ3n) is 8.08. The van der Waals surface area contributed by atoms with Crippen LogP contribution in [-0.4, -0.2) is 53.6 Å². The second-order valence-corrected chi connectivity index (χ2v) is 8.98. The Kier molecular flexibility index (Phi) is 3.06.